The van der Waals surface area contributed by atoms with Gasteiger partial charge in [0.15, 0.2) is 5.82 Å². The maximum atomic E-state index is 4.58. The van der Waals surface area contributed by atoms with Crippen molar-refractivity contribution in [3.63, 3.8) is 0 Å². The third kappa shape index (κ3) is 2.78. The highest BCUT2D eigenvalue weighted by Gasteiger charge is 2.24. The van der Waals surface area contributed by atoms with Crippen LogP contribution in [-0.2, 0) is 19.0 Å². The van der Waals surface area contributed by atoms with E-state index < -0.39 is 0 Å². The van der Waals surface area contributed by atoms with E-state index in [2.05, 4.69) is 43.1 Å². The van der Waals surface area contributed by atoms with Crippen molar-refractivity contribution in [1.82, 2.24) is 20.1 Å². The smallest absolute Gasteiger partial charge is 0.151 e. The van der Waals surface area contributed by atoms with Crippen LogP contribution < -0.4 is 5.32 Å². The van der Waals surface area contributed by atoms with Crippen molar-refractivity contribution in [2.24, 2.45) is 13.0 Å². The van der Waals surface area contributed by atoms with E-state index in [0.29, 0.717) is 5.92 Å². The average molecular weight is 210 g/mol. The minimum atomic E-state index is -0.128. The maximum absolute atomic E-state index is 4.58. The average Bonchev–Trinajstić information content (AvgIpc) is 2.46. The summed E-state index contributed by atoms with van der Waals surface area (Å²) in [5.41, 5.74) is -0.128. The summed E-state index contributed by atoms with van der Waals surface area (Å²) < 4.78 is 1.87. The summed E-state index contributed by atoms with van der Waals surface area (Å²) in [6.07, 6.45) is 0.938. The Morgan fingerprint density at radius 3 is 2.47 bits per heavy atom. The molecule has 0 saturated carbocycles. The lowest BCUT2D eigenvalue weighted by Gasteiger charge is -2.22. The van der Waals surface area contributed by atoms with E-state index >= 15 is 0 Å². The molecule has 15 heavy (non-hydrogen) atoms. The van der Waals surface area contributed by atoms with Gasteiger partial charge in [-0.2, -0.15) is 5.10 Å². The lowest BCUT2D eigenvalue weighted by atomic mass is 10.1. The quantitative estimate of drug-likeness (QED) is 0.818. The summed E-state index contributed by atoms with van der Waals surface area (Å²) in [4.78, 5) is 4.58. The fourth-order valence-electron chi connectivity index (χ4n) is 1.55. The van der Waals surface area contributed by atoms with Crippen molar-refractivity contribution in [3.8, 4) is 0 Å². The molecule has 0 saturated heterocycles. The van der Waals surface area contributed by atoms with Crippen LogP contribution in [-0.4, -0.2) is 21.8 Å². The molecule has 1 aromatic rings. The Kier molecular flexibility index (Phi) is 3.50. The highest BCUT2D eigenvalue weighted by atomic mass is 15.3. The molecule has 0 aromatic carbocycles. The largest absolute Gasteiger partial charge is 0.308 e. The molecule has 4 nitrogen and oxygen atoms in total. The summed E-state index contributed by atoms with van der Waals surface area (Å²) in [5, 5.41) is 7.67. The zero-order chi connectivity index (χ0) is 11.6. The fraction of sp³-hybridized carbons (Fsp3) is 0.818. The molecule has 1 heterocycles. The maximum Gasteiger partial charge on any atom is 0.151 e. The lowest BCUT2D eigenvalue weighted by molar-refractivity contribution is 0.397. The van der Waals surface area contributed by atoms with E-state index in [9.17, 15) is 0 Å². The molecular formula is C11H22N4. The van der Waals surface area contributed by atoms with Crippen LogP contribution in [0.1, 0.15) is 39.3 Å². The Labute approximate surface area is 92.1 Å². The van der Waals surface area contributed by atoms with Gasteiger partial charge >= 0.3 is 0 Å². The minimum absolute atomic E-state index is 0.128. The Morgan fingerprint density at radius 2 is 2.00 bits per heavy atom. The lowest BCUT2D eigenvalue weighted by Crippen LogP contribution is -2.36. The normalized spacial score (nSPS) is 12.5. The number of nitrogens with one attached hydrogen (secondary N) is 1. The van der Waals surface area contributed by atoms with Crippen molar-refractivity contribution in [1.29, 1.82) is 0 Å². The van der Waals surface area contributed by atoms with Crippen molar-refractivity contribution >= 4 is 0 Å². The first-order valence-electron chi connectivity index (χ1n) is 5.46. The SMILES string of the molecule is CNC(C)(C)c1nc(CC(C)C)nn1C. The van der Waals surface area contributed by atoms with Crippen LogP contribution in [0.15, 0.2) is 0 Å². The van der Waals surface area contributed by atoms with Gasteiger partial charge in [-0.3, -0.25) is 4.68 Å². The summed E-state index contributed by atoms with van der Waals surface area (Å²) in [6.45, 7) is 8.57. The summed E-state index contributed by atoms with van der Waals surface area (Å²) in [6, 6.07) is 0. The number of rotatable bonds is 4. The molecular weight excluding hydrogens is 188 g/mol. The molecule has 0 bridgehead atoms. The van der Waals surface area contributed by atoms with Gasteiger partial charge < -0.3 is 5.32 Å². The minimum Gasteiger partial charge on any atom is -0.308 e. The molecule has 0 unspecified atom stereocenters. The molecule has 86 valence electrons. The third-order valence-corrected chi connectivity index (χ3v) is 2.58. The first-order valence-corrected chi connectivity index (χ1v) is 5.46. The first-order chi connectivity index (χ1) is 6.86. The molecule has 0 radical (unpaired) electrons. The van der Waals surface area contributed by atoms with Crippen LogP contribution in [0, 0.1) is 5.92 Å². The summed E-state index contributed by atoms with van der Waals surface area (Å²) >= 11 is 0. The van der Waals surface area contributed by atoms with Gasteiger partial charge in [0.25, 0.3) is 0 Å². The zero-order valence-electron chi connectivity index (χ0n) is 10.6. The Balaban J connectivity index is 2.96. The fourth-order valence-corrected chi connectivity index (χ4v) is 1.55. The number of aromatic nitrogens is 3. The van der Waals surface area contributed by atoms with E-state index in [1.165, 1.54) is 0 Å². The third-order valence-electron chi connectivity index (χ3n) is 2.58. The number of hydrogen-bond donors (Lipinski definition) is 1. The van der Waals surface area contributed by atoms with Crippen LogP contribution in [0.5, 0.6) is 0 Å². The van der Waals surface area contributed by atoms with Crippen LogP contribution in [0.4, 0.5) is 0 Å². The molecule has 1 rings (SSSR count). The summed E-state index contributed by atoms with van der Waals surface area (Å²) in [7, 11) is 3.89. The van der Waals surface area contributed by atoms with Crippen LogP contribution in [0.2, 0.25) is 0 Å². The molecule has 0 amide bonds. The molecule has 1 N–H and O–H groups in total. The Morgan fingerprint density at radius 1 is 1.40 bits per heavy atom. The monoisotopic (exact) mass is 210 g/mol. The zero-order valence-corrected chi connectivity index (χ0v) is 10.6. The molecule has 0 atom stereocenters. The van der Waals surface area contributed by atoms with Gasteiger partial charge in [-0.25, -0.2) is 4.98 Å². The van der Waals surface area contributed by atoms with Crippen LogP contribution in [0.3, 0.4) is 0 Å². The topological polar surface area (TPSA) is 42.7 Å². The van der Waals surface area contributed by atoms with Gasteiger partial charge in [-0.05, 0) is 26.8 Å². The molecule has 0 spiro atoms. The second-order valence-electron chi connectivity index (χ2n) is 4.95. The Bertz CT molecular complexity index is 325. The number of hydrogen-bond acceptors (Lipinski definition) is 3. The van der Waals surface area contributed by atoms with Gasteiger partial charge in [-0.1, -0.05) is 13.8 Å². The summed E-state index contributed by atoms with van der Waals surface area (Å²) in [5.74, 6) is 2.52. The molecule has 0 aliphatic heterocycles. The first kappa shape index (κ1) is 12.2. The molecule has 0 fully saturated rings. The second-order valence-corrected chi connectivity index (χ2v) is 4.95. The Hall–Kier alpha value is -0.900. The van der Waals surface area contributed by atoms with Gasteiger partial charge in [0, 0.05) is 13.5 Å². The van der Waals surface area contributed by atoms with Gasteiger partial charge in [0.2, 0.25) is 0 Å². The van der Waals surface area contributed by atoms with E-state index in [0.717, 1.165) is 18.1 Å². The molecule has 0 aliphatic carbocycles. The van der Waals surface area contributed by atoms with Gasteiger partial charge in [-0.15, -0.1) is 0 Å². The van der Waals surface area contributed by atoms with Crippen LogP contribution >= 0.6 is 0 Å². The standard InChI is InChI=1S/C11H22N4/c1-8(2)7-9-13-10(15(6)14-9)11(3,4)12-5/h8,12H,7H2,1-6H3. The predicted octanol–water partition coefficient (Wildman–Crippen LogP) is 1.47. The van der Waals surface area contributed by atoms with E-state index in [4.69, 9.17) is 0 Å². The van der Waals surface area contributed by atoms with Crippen molar-refractivity contribution in [3.05, 3.63) is 11.6 Å². The van der Waals surface area contributed by atoms with Crippen molar-refractivity contribution < 1.29 is 0 Å². The van der Waals surface area contributed by atoms with Gasteiger partial charge in [0.05, 0.1) is 5.54 Å². The van der Waals surface area contributed by atoms with Gasteiger partial charge in [0.1, 0.15) is 5.82 Å². The van der Waals surface area contributed by atoms with Crippen LogP contribution in [0.25, 0.3) is 0 Å². The van der Waals surface area contributed by atoms with Crippen molar-refractivity contribution in [2.75, 3.05) is 7.05 Å². The molecule has 0 aliphatic rings. The van der Waals surface area contributed by atoms with E-state index in [1.54, 1.807) is 0 Å². The second kappa shape index (κ2) is 4.31. The molecule has 1 aromatic heterocycles. The van der Waals surface area contributed by atoms with Crippen molar-refractivity contribution in [2.45, 2.75) is 39.7 Å². The highest BCUT2D eigenvalue weighted by molar-refractivity contribution is 5.04. The van der Waals surface area contributed by atoms with E-state index in [1.807, 2.05) is 18.8 Å². The predicted molar refractivity (Wildman–Crippen MR) is 61.6 cm³/mol. The number of nitrogens with zero attached hydrogens (tertiary/aromatic N) is 3. The number of aryl methyl sites for hydroxylation is 1. The highest BCUT2D eigenvalue weighted by Crippen LogP contribution is 2.17. The van der Waals surface area contributed by atoms with E-state index in [-0.39, 0.29) is 5.54 Å². The molecule has 4 heteroatoms.